The van der Waals surface area contributed by atoms with Crippen molar-refractivity contribution in [2.45, 2.75) is 32.7 Å². The molecule has 2 unspecified atom stereocenters. The topological polar surface area (TPSA) is 88.7 Å². The molecule has 0 spiro atoms. The molecule has 3 N–H and O–H groups in total. The van der Waals surface area contributed by atoms with Gasteiger partial charge < -0.3 is 10.6 Å². The molecule has 1 saturated heterocycles. The third kappa shape index (κ3) is 2.78. The van der Waals surface area contributed by atoms with Crippen LogP contribution in [0.25, 0.3) is 0 Å². The summed E-state index contributed by atoms with van der Waals surface area (Å²) in [7, 11) is 0. The second kappa shape index (κ2) is 5.48. The van der Waals surface area contributed by atoms with Crippen LogP contribution in [0.1, 0.15) is 38.6 Å². The van der Waals surface area contributed by atoms with E-state index < -0.39 is 0 Å². The van der Waals surface area contributed by atoms with Gasteiger partial charge in [0.2, 0.25) is 5.95 Å². The number of hydrogen-bond donors (Lipinski definition) is 2. The molecular weight excluding hydrogens is 266 g/mol. The van der Waals surface area contributed by atoms with Crippen LogP contribution in [0, 0.1) is 5.41 Å². The summed E-state index contributed by atoms with van der Waals surface area (Å²) in [5.74, 6) is 1.59. The number of nitrogens with one attached hydrogen (secondary N) is 1. The van der Waals surface area contributed by atoms with Gasteiger partial charge in [-0.05, 0) is 37.8 Å². The molecule has 1 aliphatic rings. The number of nitrogens with zero attached hydrogens (tertiary/aromatic N) is 5. The van der Waals surface area contributed by atoms with Crippen LogP contribution in [0.3, 0.4) is 0 Å². The molecule has 3 heterocycles. The summed E-state index contributed by atoms with van der Waals surface area (Å²) in [4.78, 5) is 6.88. The average molecular weight is 289 g/mol. The molecule has 0 amide bonds. The van der Waals surface area contributed by atoms with Crippen molar-refractivity contribution in [1.29, 1.82) is 0 Å². The molecule has 114 valence electrons. The van der Waals surface area contributed by atoms with Gasteiger partial charge in [-0.2, -0.15) is 10.1 Å². The van der Waals surface area contributed by atoms with E-state index in [-0.39, 0.29) is 11.5 Å². The zero-order valence-corrected chi connectivity index (χ0v) is 12.7. The lowest BCUT2D eigenvalue weighted by Gasteiger charge is -2.39. The number of H-pyrrole nitrogens is 1. The Balaban J connectivity index is 1.76. The standard InChI is InChI=1S/C14H23N7/c1-11(21-8-4-6-16-21)12-17-13(19-18-12)20-7-3-5-14(2,9-15)10-20/h4,6,8,11H,3,5,7,9-10,15H2,1-2H3,(H,17,18,19). The highest BCUT2D eigenvalue weighted by molar-refractivity contribution is 5.31. The van der Waals surface area contributed by atoms with Crippen molar-refractivity contribution in [2.24, 2.45) is 11.1 Å². The van der Waals surface area contributed by atoms with Crippen LogP contribution in [-0.2, 0) is 0 Å². The summed E-state index contributed by atoms with van der Waals surface area (Å²) >= 11 is 0. The summed E-state index contributed by atoms with van der Waals surface area (Å²) in [6, 6.07) is 1.96. The molecule has 21 heavy (non-hydrogen) atoms. The molecule has 2 atom stereocenters. The lowest BCUT2D eigenvalue weighted by atomic mass is 9.82. The highest BCUT2D eigenvalue weighted by Crippen LogP contribution is 2.30. The van der Waals surface area contributed by atoms with Gasteiger partial charge in [0.05, 0.1) is 0 Å². The number of nitrogens with two attached hydrogens (primary N) is 1. The minimum absolute atomic E-state index is 0.0481. The van der Waals surface area contributed by atoms with Gasteiger partial charge in [-0.25, -0.2) is 0 Å². The second-order valence-electron chi connectivity index (χ2n) is 6.22. The van der Waals surface area contributed by atoms with Crippen molar-refractivity contribution in [3.63, 3.8) is 0 Å². The predicted molar refractivity (Wildman–Crippen MR) is 81.0 cm³/mol. The third-order valence-electron chi connectivity index (χ3n) is 4.36. The largest absolute Gasteiger partial charge is 0.339 e. The van der Waals surface area contributed by atoms with E-state index in [9.17, 15) is 0 Å². The van der Waals surface area contributed by atoms with Crippen LogP contribution in [0.15, 0.2) is 18.5 Å². The van der Waals surface area contributed by atoms with Gasteiger partial charge in [-0.1, -0.05) is 6.92 Å². The molecule has 0 aromatic carbocycles. The number of aromatic nitrogens is 5. The van der Waals surface area contributed by atoms with Gasteiger partial charge in [0.25, 0.3) is 0 Å². The summed E-state index contributed by atoms with van der Waals surface area (Å²) < 4.78 is 1.87. The lowest BCUT2D eigenvalue weighted by Crippen LogP contribution is -2.46. The van der Waals surface area contributed by atoms with E-state index in [0.29, 0.717) is 6.54 Å². The van der Waals surface area contributed by atoms with E-state index in [2.05, 4.69) is 39.0 Å². The Morgan fingerprint density at radius 2 is 2.38 bits per heavy atom. The van der Waals surface area contributed by atoms with E-state index in [1.807, 2.05) is 16.9 Å². The first-order chi connectivity index (χ1) is 10.1. The highest BCUT2D eigenvalue weighted by Gasteiger charge is 2.31. The summed E-state index contributed by atoms with van der Waals surface area (Å²) in [5, 5.41) is 11.7. The Bertz CT molecular complexity index is 576. The molecule has 2 aromatic rings. The Kier molecular flexibility index (Phi) is 3.67. The van der Waals surface area contributed by atoms with E-state index >= 15 is 0 Å². The Labute approximate surface area is 124 Å². The van der Waals surface area contributed by atoms with E-state index in [1.165, 1.54) is 6.42 Å². The monoisotopic (exact) mass is 289 g/mol. The fraction of sp³-hybridized carbons (Fsp3) is 0.643. The van der Waals surface area contributed by atoms with Crippen molar-refractivity contribution >= 4 is 5.95 Å². The Hall–Kier alpha value is -1.89. The summed E-state index contributed by atoms with van der Waals surface area (Å²) in [6.07, 6.45) is 6.00. The molecule has 0 bridgehead atoms. The SMILES string of the molecule is CC(c1nc(N2CCCC(C)(CN)C2)n[nH]1)n1cccn1. The molecular formula is C14H23N7. The van der Waals surface area contributed by atoms with Crippen LogP contribution in [0.5, 0.6) is 0 Å². The quantitative estimate of drug-likeness (QED) is 0.882. The number of piperidine rings is 1. The molecule has 0 aliphatic carbocycles. The van der Waals surface area contributed by atoms with Crippen molar-refractivity contribution < 1.29 is 0 Å². The first-order valence-electron chi connectivity index (χ1n) is 7.48. The minimum Gasteiger partial charge on any atom is -0.339 e. The van der Waals surface area contributed by atoms with Crippen LogP contribution < -0.4 is 10.6 Å². The van der Waals surface area contributed by atoms with Crippen molar-refractivity contribution in [2.75, 3.05) is 24.5 Å². The smallest absolute Gasteiger partial charge is 0.244 e. The Morgan fingerprint density at radius 1 is 1.52 bits per heavy atom. The number of anilines is 1. The summed E-state index contributed by atoms with van der Waals surface area (Å²) in [5.41, 5.74) is 6.07. The van der Waals surface area contributed by atoms with Crippen molar-refractivity contribution in [3.8, 4) is 0 Å². The number of aromatic amines is 1. The maximum Gasteiger partial charge on any atom is 0.244 e. The van der Waals surface area contributed by atoms with E-state index in [1.54, 1.807) is 6.20 Å². The first-order valence-corrected chi connectivity index (χ1v) is 7.48. The van der Waals surface area contributed by atoms with Gasteiger partial charge in [0, 0.05) is 25.5 Å². The zero-order chi connectivity index (χ0) is 14.9. The van der Waals surface area contributed by atoms with Crippen LogP contribution in [0.4, 0.5) is 5.95 Å². The summed E-state index contributed by atoms with van der Waals surface area (Å²) in [6.45, 7) is 6.89. The van der Waals surface area contributed by atoms with Gasteiger partial charge in [-0.3, -0.25) is 9.78 Å². The molecule has 7 nitrogen and oxygen atoms in total. The zero-order valence-electron chi connectivity index (χ0n) is 12.7. The number of rotatable bonds is 4. The van der Waals surface area contributed by atoms with Crippen molar-refractivity contribution in [1.82, 2.24) is 25.0 Å². The van der Waals surface area contributed by atoms with Gasteiger partial charge >= 0.3 is 0 Å². The van der Waals surface area contributed by atoms with E-state index in [4.69, 9.17) is 5.73 Å². The van der Waals surface area contributed by atoms with Crippen LogP contribution in [0.2, 0.25) is 0 Å². The van der Waals surface area contributed by atoms with Gasteiger partial charge in [0.1, 0.15) is 6.04 Å². The molecule has 2 aromatic heterocycles. The van der Waals surface area contributed by atoms with Crippen LogP contribution in [-0.4, -0.2) is 44.6 Å². The molecule has 1 aliphatic heterocycles. The molecule has 0 saturated carbocycles. The third-order valence-corrected chi connectivity index (χ3v) is 4.36. The average Bonchev–Trinajstić information content (AvgIpc) is 3.18. The Morgan fingerprint density at radius 3 is 3.10 bits per heavy atom. The van der Waals surface area contributed by atoms with Gasteiger partial charge in [0.15, 0.2) is 5.82 Å². The molecule has 3 rings (SSSR count). The minimum atomic E-state index is 0.0481. The predicted octanol–water partition coefficient (Wildman–Crippen LogP) is 1.18. The fourth-order valence-electron chi connectivity index (χ4n) is 2.88. The molecule has 7 heteroatoms. The van der Waals surface area contributed by atoms with Gasteiger partial charge in [-0.15, -0.1) is 5.10 Å². The normalized spacial score (nSPS) is 24.2. The first kappa shape index (κ1) is 14.1. The van der Waals surface area contributed by atoms with Crippen LogP contribution >= 0.6 is 0 Å². The fourth-order valence-corrected chi connectivity index (χ4v) is 2.88. The molecule has 1 fully saturated rings. The maximum absolute atomic E-state index is 5.91. The second-order valence-corrected chi connectivity index (χ2v) is 6.22. The van der Waals surface area contributed by atoms with Crippen molar-refractivity contribution in [3.05, 3.63) is 24.3 Å². The highest BCUT2D eigenvalue weighted by atomic mass is 15.4. The maximum atomic E-state index is 5.91. The van der Waals surface area contributed by atoms with E-state index in [0.717, 1.165) is 31.3 Å². The number of hydrogen-bond acceptors (Lipinski definition) is 5. The molecule has 0 radical (unpaired) electrons. The lowest BCUT2D eigenvalue weighted by molar-refractivity contribution is 0.270.